The topological polar surface area (TPSA) is 266 Å². The number of imidazole rings is 2. The molecule has 7 rings (SSSR count). The minimum atomic E-state index is -0.683. The van der Waals surface area contributed by atoms with E-state index in [2.05, 4.69) is 50.4 Å². The average Bonchev–Trinajstić information content (AvgIpc) is 3.74. The first kappa shape index (κ1) is 37.1. The number of fused-ring (bicyclic) bond motifs is 2. The molecule has 0 unspecified atom stereocenters. The first-order valence-electron chi connectivity index (χ1n) is 17.5. The van der Waals surface area contributed by atoms with Crippen LogP contribution in [0.5, 0.6) is 5.75 Å². The van der Waals surface area contributed by atoms with Crippen molar-refractivity contribution >= 4 is 57.7 Å². The van der Waals surface area contributed by atoms with E-state index in [4.69, 9.17) is 20.9 Å². The van der Waals surface area contributed by atoms with E-state index in [0.717, 1.165) is 19.6 Å². The smallest absolute Gasteiger partial charge is 0.278 e. The van der Waals surface area contributed by atoms with E-state index >= 15 is 0 Å². The van der Waals surface area contributed by atoms with Crippen molar-refractivity contribution in [2.75, 3.05) is 50.1 Å². The van der Waals surface area contributed by atoms with Crippen LogP contribution >= 0.6 is 0 Å². The highest BCUT2D eigenvalue weighted by molar-refractivity contribution is 6.04. The SMILES string of the molecule is NC(=O)c1cnc2c(c1)nc(NC(=O)c1cnccn1)n2C/C=C/Cn1c(NC(=O)c2cnccn2)nc2cc(C(N)=O)cc(OCCCN3CCOCC3)c21. The summed E-state index contributed by atoms with van der Waals surface area (Å²) in [5.41, 5.74) is 13.2. The predicted molar refractivity (Wildman–Crippen MR) is 201 cm³/mol. The highest BCUT2D eigenvalue weighted by Gasteiger charge is 2.21. The minimum Gasteiger partial charge on any atom is -0.491 e. The number of nitrogens with two attached hydrogens (primary N) is 2. The van der Waals surface area contributed by atoms with Gasteiger partial charge in [0.2, 0.25) is 23.7 Å². The van der Waals surface area contributed by atoms with Gasteiger partial charge >= 0.3 is 0 Å². The molecule has 20 nitrogen and oxygen atoms in total. The van der Waals surface area contributed by atoms with Crippen LogP contribution in [0.2, 0.25) is 0 Å². The summed E-state index contributed by atoms with van der Waals surface area (Å²) >= 11 is 0. The van der Waals surface area contributed by atoms with Crippen LogP contribution in [0.25, 0.3) is 22.2 Å². The summed E-state index contributed by atoms with van der Waals surface area (Å²) in [5.74, 6) is -1.85. The fourth-order valence-electron chi connectivity index (χ4n) is 5.99. The summed E-state index contributed by atoms with van der Waals surface area (Å²) in [7, 11) is 0. The van der Waals surface area contributed by atoms with Crippen LogP contribution < -0.4 is 26.8 Å². The lowest BCUT2D eigenvalue weighted by Crippen LogP contribution is -2.37. The summed E-state index contributed by atoms with van der Waals surface area (Å²) in [6.07, 6.45) is 14.0. The molecule has 0 radical (unpaired) electrons. The van der Waals surface area contributed by atoms with Crippen LogP contribution in [0.4, 0.5) is 11.9 Å². The monoisotopic (exact) mass is 760 g/mol. The van der Waals surface area contributed by atoms with Crippen LogP contribution in [0.3, 0.4) is 0 Å². The Hall–Kier alpha value is -7.19. The number of nitrogens with one attached hydrogen (secondary N) is 2. The molecule has 5 aromatic heterocycles. The molecule has 1 aliphatic heterocycles. The van der Waals surface area contributed by atoms with E-state index in [1.165, 1.54) is 55.5 Å². The second kappa shape index (κ2) is 16.9. The standard InChI is InChI=1S/C36H36N14O6/c37-30(51)22-16-24-29(28(18-22)56-13-3-8-48-11-14-55-15-12-48)49(35(44-24)46-33(53)26-20-39-4-6-41-26)9-1-2-10-50-32-25(17-23(19-43-32)31(38)52)45-36(50)47-34(54)27-21-40-5-7-42-27/h1-2,4-7,16-21H,3,8-15H2,(H2,37,51)(H2,38,52)(H,44,46,53)(H,45,47,54)/b2-1+. The second-order valence-electron chi connectivity index (χ2n) is 12.4. The number of aromatic nitrogens is 9. The first-order valence-corrected chi connectivity index (χ1v) is 17.5. The van der Waals surface area contributed by atoms with Gasteiger partial charge in [0.25, 0.3) is 11.8 Å². The third kappa shape index (κ3) is 8.45. The van der Waals surface area contributed by atoms with E-state index in [1.54, 1.807) is 27.4 Å². The van der Waals surface area contributed by atoms with Crippen LogP contribution in [-0.2, 0) is 17.8 Å². The highest BCUT2D eigenvalue weighted by atomic mass is 16.5. The van der Waals surface area contributed by atoms with E-state index < -0.39 is 23.6 Å². The Labute approximate surface area is 318 Å². The molecule has 6 aromatic rings. The number of morpholine rings is 1. The number of ether oxygens (including phenoxy) is 2. The molecule has 1 aromatic carbocycles. The molecule has 0 atom stereocenters. The van der Waals surface area contributed by atoms with Gasteiger partial charge < -0.3 is 25.5 Å². The van der Waals surface area contributed by atoms with Gasteiger partial charge in [0.1, 0.15) is 28.2 Å². The minimum absolute atomic E-state index is 0.0640. The highest BCUT2D eigenvalue weighted by Crippen LogP contribution is 2.31. The number of hydrogen-bond acceptors (Lipinski definition) is 14. The van der Waals surface area contributed by atoms with Gasteiger partial charge in [-0.2, -0.15) is 0 Å². The van der Waals surface area contributed by atoms with Crippen molar-refractivity contribution in [3.05, 3.63) is 96.2 Å². The van der Waals surface area contributed by atoms with Crippen molar-refractivity contribution in [2.24, 2.45) is 11.5 Å². The number of primary amides is 2. The van der Waals surface area contributed by atoms with Gasteiger partial charge in [-0.05, 0) is 24.6 Å². The van der Waals surface area contributed by atoms with Crippen molar-refractivity contribution < 1.29 is 28.7 Å². The zero-order valence-corrected chi connectivity index (χ0v) is 29.9. The number of pyridine rings is 1. The molecule has 6 heterocycles. The van der Waals surface area contributed by atoms with Gasteiger partial charge in [-0.25, -0.2) is 24.9 Å². The number of allylic oxidation sites excluding steroid dienone is 2. The Morgan fingerprint density at radius 1 is 0.750 bits per heavy atom. The summed E-state index contributed by atoms with van der Waals surface area (Å²) in [6.45, 7) is 4.47. The van der Waals surface area contributed by atoms with E-state index in [1.807, 2.05) is 0 Å². The maximum Gasteiger partial charge on any atom is 0.278 e. The lowest BCUT2D eigenvalue weighted by atomic mass is 10.1. The van der Waals surface area contributed by atoms with Crippen LogP contribution in [-0.4, -0.2) is 112 Å². The first-order chi connectivity index (χ1) is 27.2. The number of anilines is 2. The van der Waals surface area contributed by atoms with Crippen molar-refractivity contribution in [1.29, 1.82) is 0 Å². The summed E-state index contributed by atoms with van der Waals surface area (Å²) in [4.78, 5) is 82.5. The third-order valence-corrected chi connectivity index (χ3v) is 8.73. The number of hydrogen-bond donors (Lipinski definition) is 4. The van der Waals surface area contributed by atoms with Gasteiger partial charge in [-0.15, -0.1) is 0 Å². The third-order valence-electron chi connectivity index (χ3n) is 8.73. The summed E-state index contributed by atoms with van der Waals surface area (Å²) < 4.78 is 15.1. The Balaban J connectivity index is 1.20. The number of carbonyl (C=O) groups is 4. The predicted octanol–water partition coefficient (Wildman–Crippen LogP) is 1.42. The molecule has 0 saturated carbocycles. The zero-order chi connectivity index (χ0) is 39.0. The Morgan fingerprint density at radius 3 is 1.98 bits per heavy atom. The molecule has 6 N–H and O–H groups in total. The molecule has 56 heavy (non-hydrogen) atoms. The van der Waals surface area contributed by atoms with Crippen LogP contribution in [0.1, 0.15) is 48.1 Å². The molecule has 0 bridgehead atoms. The van der Waals surface area contributed by atoms with E-state index in [9.17, 15) is 19.2 Å². The van der Waals surface area contributed by atoms with Crippen molar-refractivity contribution in [2.45, 2.75) is 19.5 Å². The summed E-state index contributed by atoms with van der Waals surface area (Å²) in [6, 6.07) is 4.58. The van der Waals surface area contributed by atoms with E-state index in [-0.39, 0.29) is 47.5 Å². The molecule has 286 valence electrons. The fourth-order valence-corrected chi connectivity index (χ4v) is 5.99. The van der Waals surface area contributed by atoms with E-state index in [0.29, 0.717) is 54.2 Å². The van der Waals surface area contributed by atoms with Gasteiger partial charge in [-0.3, -0.25) is 49.2 Å². The average molecular weight is 761 g/mol. The van der Waals surface area contributed by atoms with Gasteiger partial charge in [0.05, 0.1) is 43.3 Å². The zero-order valence-electron chi connectivity index (χ0n) is 29.9. The number of amides is 4. The molecule has 4 amide bonds. The fraction of sp³-hybridized carbons (Fsp3) is 0.250. The quantitative estimate of drug-likeness (QED) is 0.0852. The molecular formula is C36H36N14O6. The lowest BCUT2D eigenvalue weighted by molar-refractivity contribution is 0.0358. The van der Waals surface area contributed by atoms with Gasteiger partial charge in [0.15, 0.2) is 5.65 Å². The number of carbonyl (C=O) groups excluding carboxylic acids is 4. The number of rotatable bonds is 15. The molecule has 1 saturated heterocycles. The van der Waals surface area contributed by atoms with Crippen molar-refractivity contribution in [3.8, 4) is 5.75 Å². The Bertz CT molecular complexity index is 2430. The largest absolute Gasteiger partial charge is 0.491 e. The molecule has 20 heteroatoms. The second-order valence-corrected chi connectivity index (χ2v) is 12.4. The van der Waals surface area contributed by atoms with Gasteiger partial charge in [0, 0.05) is 69.3 Å². The van der Waals surface area contributed by atoms with Gasteiger partial charge in [-0.1, -0.05) is 12.2 Å². The molecule has 1 fully saturated rings. The number of nitrogens with zero attached hydrogens (tertiary/aromatic N) is 10. The van der Waals surface area contributed by atoms with Crippen molar-refractivity contribution in [1.82, 2.24) is 48.9 Å². The lowest BCUT2D eigenvalue weighted by Gasteiger charge is -2.26. The van der Waals surface area contributed by atoms with Crippen LogP contribution in [0.15, 0.2) is 73.7 Å². The molecular weight excluding hydrogens is 724 g/mol. The number of benzene rings is 1. The van der Waals surface area contributed by atoms with Crippen molar-refractivity contribution in [3.63, 3.8) is 0 Å². The molecule has 0 aliphatic carbocycles. The maximum atomic E-state index is 13.3. The normalized spacial score (nSPS) is 13.3. The Morgan fingerprint density at radius 2 is 1.36 bits per heavy atom. The molecule has 0 spiro atoms. The Kier molecular flexibility index (Phi) is 11.2. The van der Waals surface area contributed by atoms with Crippen LogP contribution in [0, 0.1) is 0 Å². The molecule has 1 aliphatic rings. The summed E-state index contributed by atoms with van der Waals surface area (Å²) in [5, 5.41) is 5.55. The maximum absolute atomic E-state index is 13.3.